The average Bonchev–Trinajstić information content (AvgIpc) is 2.51. The van der Waals surface area contributed by atoms with Crippen LogP contribution in [0.5, 0.6) is 0 Å². The molecule has 0 bridgehead atoms. The number of benzene rings is 1. The Kier molecular flexibility index (Phi) is 6.75. The predicted octanol–water partition coefficient (Wildman–Crippen LogP) is 1.42. The summed E-state index contributed by atoms with van der Waals surface area (Å²) < 4.78 is 5.32. The molecular formula is C18H27N3O3. The first-order valence-electron chi connectivity index (χ1n) is 8.38. The van der Waals surface area contributed by atoms with Crippen LogP contribution in [0.25, 0.3) is 0 Å². The lowest BCUT2D eigenvalue weighted by molar-refractivity contribution is -0.133. The highest BCUT2D eigenvalue weighted by atomic mass is 16.5. The highest BCUT2D eigenvalue weighted by molar-refractivity contribution is 5.94. The summed E-state index contributed by atoms with van der Waals surface area (Å²) in [5.74, 6) is -0.254. The van der Waals surface area contributed by atoms with E-state index < -0.39 is 0 Å². The quantitative estimate of drug-likeness (QED) is 0.855. The Morgan fingerprint density at radius 3 is 2.38 bits per heavy atom. The van der Waals surface area contributed by atoms with Crippen molar-refractivity contribution in [2.24, 2.45) is 0 Å². The van der Waals surface area contributed by atoms with Gasteiger partial charge in [-0.2, -0.15) is 0 Å². The van der Waals surface area contributed by atoms with Gasteiger partial charge in [0, 0.05) is 38.8 Å². The smallest absolute Gasteiger partial charge is 0.243 e. The average molecular weight is 333 g/mol. The molecule has 1 aliphatic heterocycles. The van der Waals surface area contributed by atoms with Gasteiger partial charge < -0.3 is 15.0 Å². The lowest BCUT2D eigenvalue weighted by Gasteiger charge is -2.29. The maximum Gasteiger partial charge on any atom is 0.243 e. The van der Waals surface area contributed by atoms with Crippen molar-refractivity contribution in [1.29, 1.82) is 0 Å². The lowest BCUT2D eigenvalue weighted by atomic mass is 10.1. The van der Waals surface area contributed by atoms with Crippen molar-refractivity contribution < 1.29 is 14.3 Å². The third-order valence-electron chi connectivity index (χ3n) is 4.08. The van der Waals surface area contributed by atoms with Crippen LogP contribution in [0, 0.1) is 13.8 Å². The van der Waals surface area contributed by atoms with E-state index >= 15 is 0 Å². The Hall–Kier alpha value is -1.92. The Labute approximate surface area is 143 Å². The molecule has 6 heteroatoms. The molecule has 1 heterocycles. The second-order valence-electron chi connectivity index (χ2n) is 6.32. The Morgan fingerprint density at radius 1 is 1.17 bits per heavy atom. The zero-order chi connectivity index (χ0) is 17.5. The van der Waals surface area contributed by atoms with E-state index in [1.165, 1.54) is 6.92 Å². The molecule has 0 aromatic heterocycles. The number of carbonyl (C=O) groups is 2. The molecule has 0 atom stereocenters. The summed E-state index contributed by atoms with van der Waals surface area (Å²) in [6, 6.07) is 5.91. The van der Waals surface area contributed by atoms with E-state index in [4.69, 9.17) is 4.74 Å². The van der Waals surface area contributed by atoms with E-state index in [0.717, 1.165) is 49.7 Å². The summed E-state index contributed by atoms with van der Waals surface area (Å²) in [6.45, 7) is 10.1. The molecule has 0 saturated carbocycles. The Bertz CT molecular complexity index is 563. The van der Waals surface area contributed by atoms with Gasteiger partial charge in [0.05, 0.1) is 19.8 Å². The molecule has 0 aliphatic carbocycles. The van der Waals surface area contributed by atoms with Crippen molar-refractivity contribution in [2.75, 3.05) is 51.3 Å². The summed E-state index contributed by atoms with van der Waals surface area (Å²) in [4.78, 5) is 27.9. The van der Waals surface area contributed by atoms with Gasteiger partial charge >= 0.3 is 0 Å². The van der Waals surface area contributed by atoms with Crippen LogP contribution in [0.2, 0.25) is 0 Å². The summed E-state index contributed by atoms with van der Waals surface area (Å²) in [6.07, 6.45) is 0. The monoisotopic (exact) mass is 333 g/mol. The summed E-state index contributed by atoms with van der Waals surface area (Å²) >= 11 is 0. The first-order chi connectivity index (χ1) is 11.4. The van der Waals surface area contributed by atoms with Crippen molar-refractivity contribution in [2.45, 2.75) is 20.8 Å². The number of ether oxygens (including phenoxy) is 1. The van der Waals surface area contributed by atoms with Crippen LogP contribution in [0.1, 0.15) is 18.1 Å². The molecule has 1 aromatic carbocycles. The number of anilines is 1. The van der Waals surface area contributed by atoms with Crippen LogP contribution >= 0.6 is 0 Å². The van der Waals surface area contributed by atoms with Crippen LogP contribution in [0.4, 0.5) is 5.69 Å². The SMILES string of the molecule is CC(=O)N(CCN1CCOCC1)CC(=O)Nc1cc(C)cc(C)c1. The van der Waals surface area contributed by atoms with Gasteiger partial charge in [0.25, 0.3) is 0 Å². The van der Waals surface area contributed by atoms with Crippen molar-refractivity contribution in [1.82, 2.24) is 9.80 Å². The maximum atomic E-state index is 12.3. The van der Waals surface area contributed by atoms with Crippen molar-refractivity contribution in [3.8, 4) is 0 Å². The van der Waals surface area contributed by atoms with Crippen molar-refractivity contribution in [3.05, 3.63) is 29.3 Å². The molecule has 1 saturated heterocycles. The van der Waals surface area contributed by atoms with Gasteiger partial charge in [-0.15, -0.1) is 0 Å². The fourth-order valence-electron chi connectivity index (χ4n) is 2.86. The molecular weight excluding hydrogens is 306 g/mol. The number of aryl methyl sites for hydroxylation is 2. The van der Waals surface area contributed by atoms with Crippen molar-refractivity contribution >= 4 is 17.5 Å². The number of hydrogen-bond acceptors (Lipinski definition) is 4. The second-order valence-corrected chi connectivity index (χ2v) is 6.32. The Balaban J connectivity index is 1.86. The molecule has 6 nitrogen and oxygen atoms in total. The first kappa shape index (κ1) is 18.4. The summed E-state index contributed by atoms with van der Waals surface area (Å²) in [5, 5.41) is 2.88. The number of nitrogens with zero attached hydrogens (tertiary/aromatic N) is 2. The number of amides is 2. The lowest BCUT2D eigenvalue weighted by Crippen LogP contribution is -2.44. The summed E-state index contributed by atoms with van der Waals surface area (Å²) in [5.41, 5.74) is 2.97. The third-order valence-corrected chi connectivity index (χ3v) is 4.08. The molecule has 1 aliphatic rings. The van der Waals surface area contributed by atoms with Crippen LogP contribution in [0.15, 0.2) is 18.2 Å². The molecule has 1 N–H and O–H groups in total. The number of nitrogens with one attached hydrogen (secondary N) is 1. The predicted molar refractivity (Wildman–Crippen MR) is 94.1 cm³/mol. The van der Waals surface area contributed by atoms with Gasteiger partial charge in [0.2, 0.25) is 11.8 Å². The molecule has 0 unspecified atom stereocenters. The Morgan fingerprint density at radius 2 is 1.79 bits per heavy atom. The van der Waals surface area contributed by atoms with Gasteiger partial charge in [0.1, 0.15) is 0 Å². The molecule has 2 rings (SSSR count). The molecule has 2 amide bonds. The van der Waals surface area contributed by atoms with Gasteiger partial charge in [-0.3, -0.25) is 14.5 Å². The summed E-state index contributed by atoms with van der Waals surface area (Å²) in [7, 11) is 0. The zero-order valence-corrected chi connectivity index (χ0v) is 14.8. The normalized spacial score (nSPS) is 15.1. The van der Waals surface area contributed by atoms with Gasteiger partial charge in [0.15, 0.2) is 0 Å². The second kappa shape index (κ2) is 8.80. The molecule has 1 aromatic rings. The van der Waals surface area contributed by atoms with E-state index in [1.54, 1.807) is 4.90 Å². The highest BCUT2D eigenvalue weighted by Crippen LogP contribution is 2.13. The van der Waals surface area contributed by atoms with Gasteiger partial charge in [-0.25, -0.2) is 0 Å². The minimum Gasteiger partial charge on any atom is -0.379 e. The molecule has 132 valence electrons. The van der Waals surface area contributed by atoms with E-state index in [1.807, 2.05) is 26.0 Å². The van der Waals surface area contributed by atoms with Crippen LogP contribution in [-0.2, 0) is 14.3 Å². The molecule has 0 radical (unpaired) electrons. The molecule has 0 spiro atoms. The third kappa shape index (κ3) is 5.94. The number of morpholine rings is 1. The first-order valence-corrected chi connectivity index (χ1v) is 8.38. The minimum absolute atomic E-state index is 0.0761. The topological polar surface area (TPSA) is 61.9 Å². The van der Waals surface area contributed by atoms with E-state index in [2.05, 4.69) is 16.3 Å². The number of rotatable bonds is 6. The highest BCUT2D eigenvalue weighted by Gasteiger charge is 2.17. The van der Waals surface area contributed by atoms with Crippen molar-refractivity contribution in [3.63, 3.8) is 0 Å². The fourth-order valence-corrected chi connectivity index (χ4v) is 2.86. The maximum absolute atomic E-state index is 12.3. The minimum atomic E-state index is -0.169. The fraction of sp³-hybridized carbons (Fsp3) is 0.556. The zero-order valence-electron chi connectivity index (χ0n) is 14.8. The van der Waals surface area contributed by atoms with Crippen LogP contribution in [-0.4, -0.2) is 67.6 Å². The largest absolute Gasteiger partial charge is 0.379 e. The van der Waals surface area contributed by atoms with Gasteiger partial charge in [-0.05, 0) is 37.1 Å². The molecule has 24 heavy (non-hydrogen) atoms. The van der Waals surface area contributed by atoms with Gasteiger partial charge in [-0.1, -0.05) is 6.07 Å². The number of carbonyl (C=O) groups excluding carboxylic acids is 2. The van der Waals surface area contributed by atoms with E-state index in [-0.39, 0.29) is 18.4 Å². The van der Waals surface area contributed by atoms with Crippen LogP contribution in [0.3, 0.4) is 0 Å². The number of hydrogen-bond donors (Lipinski definition) is 1. The van der Waals surface area contributed by atoms with E-state index in [9.17, 15) is 9.59 Å². The molecule has 1 fully saturated rings. The van der Waals surface area contributed by atoms with Crippen LogP contribution < -0.4 is 5.32 Å². The standard InChI is InChI=1S/C18H27N3O3/c1-14-10-15(2)12-17(11-14)19-18(23)13-21(16(3)22)5-4-20-6-8-24-9-7-20/h10-12H,4-9,13H2,1-3H3,(H,19,23). The van der Waals surface area contributed by atoms with E-state index in [0.29, 0.717) is 6.54 Å².